The highest BCUT2D eigenvalue weighted by atomic mass is 32.1. The zero-order chi connectivity index (χ0) is 17.5. The third-order valence-electron chi connectivity index (χ3n) is 3.67. The lowest BCUT2D eigenvalue weighted by Gasteiger charge is -2.04. The molecule has 1 N–H and O–H groups in total. The first kappa shape index (κ1) is 17.1. The number of thiazole rings is 1. The van der Waals surface area contributed by atoms with Crippen LogP contribution in [0, 0.1) is 0 Å². The average molecular weight is 353 g/mol. The van der Waals surface area contributed by atoms with Crippen LogP contribution in [0.2, 0.25) is 0 Å². The number of oxime groups is 1. The van der Waals surface area contributed by atoms with Gasteiger partial charge in [-0.3, -0.25) is 4.79 Å². The first-order chi connectivity index (χ1) is 12.3. The van der Waals surface area contributed by atoms with E-state index in [9.17, 15) is 4.79 Å². The van der Waals surface area contributed by atoms with Crippen molar-refractivity contribution in [3.63, 3.8) is 0 Å². The number of aryl methyl sites for hydroxylation is 1. The number of nitrogens with zero attached hydrogens (tertiary/aromatic N) is 2. The van der Waals surface area contributed by atoms with Crippen molar-refractivity contribution in [3.05, 3.63) is 64.7 Å². The zero-order valence-electron chi connectivity index (χ0n) is 13.9. The molecule has 0 saturated heterocycles. The predicted octanol–water partition coefficient (Wildman–Crippen LogP) is 3.64. The molecule has 1 heterocycles. The number of aromatic nitrogens is 1. The van der Waals surface area contributed by atoms with E-state index in [0.717, 1.165) is 28.9 Å². The lowest BCUT2D eigenvalue weighted by Crippen LogP contribution is -2.24. The normalized spacial score (nSPS) is 11.1. The maximum absolute atomic E-state index is 12.1. The molecule has 6 heteroatoms. The van der Waals surface area contributed by atoms with Crippen LogP contribution in [-0.2, 0) is 11.3 Å². The minimum Gasteiger partial charge on any atom is -0.399 e. The van der Waals surface area contributed by atoms with Crippen LogP contribution in [0.3, 0.4) is 0 Å². The summed E-state index contributed by atoms with van der Waals surface area (Å²) in [7, 11) is 1.49. The fraction of sp³-hybridized carbons (Fsp3) is 0.211. The van der Waals surface area contributed by atoms with Crippen molar-refractivity contribution < 1.29 is 9.63 Å². The minimum atomic E-state index is -0.0699. The van der Waals surface area contributed by atoms with Gasteiger partial charge in [0.2, 0.25) is 0 Å². The summed E-state index contributed by atoms with van der Waals surface area (Å²) in [5, 5.41) is 7.74. The van der Waals surface area contributed by atoms with Gasteiger partial charge in [0.05, 0.1) is 21.4 Å². The van der Waals surface area contributed by atoms with Gasteiger partial charge in [0.15, 0.2) is 0 Å². The maximum Gasteiger partial charge on any atom is 0.251 e. The smallest absolute Gasteiger partial charge is 0.251 e. The van der Waals surface area contributed by atoms with Gasteiger partial charge in [-0.2, -0.15) is 0 Å². The molecule has 0 unspecified atom stereocenters. The molecule has 0 radical (unpaired) electrons. The van der Waals surface area contributed by atoms with E-state index in [2.05, 4.69) is 26.4 Å². The molecule has 0 aliphatic carbocycles. The van der Waals surface area contributed by atoms with E-state index in [1.165, 1.54) is 11.8 Å². The predicted molar refractivity (Wildman–Crippen MR) is 101 cm³/mol. The van der Waals surface area contributed by atoms with Crippen LogP contribution in [0.5, 0.6) is 0 Å². The second-order valence-electron chi connectivity index (χ2n) is 5.47. The topological polar surface area (TPSA) is 63.6 Å². The number of carbonyl (C=O) groups excluding carboxylic acids is 1. The van der Waals surface area contributed by atoms with Crippen LogP contribution in [0.1, 0.15) is 27.3 Å². The fourth-order valence-corrected chi connectivity index (χ4v) is 3.41. The molecule has 0 aliphatic rings. The number of amides is 1. The van der Waals surface area contributed by atoms with Crippen molar-refractivity contribution in [2.75, 3.05) is 13.7 Å². The van der Waals surface area contributed by atoms with Crippen LogP contribution >= 0.6 is 11.3 Å². The SMILES string of the molecule is CO/N=C/c1ccc(C(=O)NCCCc2nc3ccccc3s2)cc1. The Kier molecular flexibility index (Phi) is 5.74. The average Bonchev–Trinajstić information content (AvgIpc) is 3.06. The molecule has 3 rings (SSSR count). The molecule has 5 nitrogen and oxygen atoms in total. The van der Waals surface area contributed by atoms with E-state index in [1.807, 2.05) is 30.3 Å². The van der Waals surface area contributed by atoms with E-state index in [1.54, 1.807) is 29.7 Å². The molecule has 0 atom stereocenters. The quantitative estimate of drug-likeness (QED) is 0.401. The van der Waals surface area contributed by atoms with E-state index in [-0.39, 0.29) is 5.91 Å². The lowest BCUT2D eigenvalue weighted by atomic mass is 10.1. The Bertz CT molecular complexity index is 839. The van der Waals surface area contributed by atoms with Gasteiger partial charge in [0.1, 0.15) is 7.11 Å². The van der Waals surface area contributed by atoms with Gasteiger partial charge in [-0.05, 0) is 36.2 Å². The van der Waals surface area contributed by atoms with Gasteiger partial charge in [0, 0.05) is 18.5 Å². The third kappa shape index (κ3) is 4.64. The summed E-state index contributed by atoms with van der Waals surface area (Å²) in [6.45, 7) is 0.627. The number of para-hydroxylation sites is 1. The first-order valence-electron chi connectivity index (χ1n) is 8.05. The second-order valence-corrected chi connectivity index (χ2v) is 6.59. The summed E-state index contributed by atoms with van der Waals surface area (Å²) in [4.78, 5) is 21.4. The van der Waals surface area contributed by atoms with E-state index < -0.39 is 0 Å². The van der Waals surface area contributed by atoms with Gasteiger partial charge in [-0.1, -0.05) is 29.4 Å². The molecule has 128 valence electrons. The summed E-state index contributed by atoms with van der Waals surface area (Å²) in [6, 6.07) is 15.4. The van der Waals surface area contributed by atoms with Crippen LogP contribution in [-0.4, -0.2) is 30.8 Å². The molecule has 0 fully saturated rings. The number of hydrogen-bond donors (Lipinski definition) is 1. The Morgan fingerprint density at radius 1 is 1.24 bits per heavy atom. The Morgan fingerprint density at radius 3 is 2.80 bits per heavy atom. The van der Waals surface area contributed by atoms with Gasteiger partial charge in [-0.25, -0.2) is 4.98 Å². The largest absolute Gasteiger partial charge is 0.399 e. The van der Waals surface area contributed by atoms with Gasteiger partial charge in [-0.15, -0.1) is 11.3 Å². The van der Waals surface area contributed by atoms with Crippen molar-refractivity contribution in [2.24, 2.45) is 5.16 Å². The Labute approximate surface area is 150 Å². The third-order valence-corrected chi connectivity index (χ3v) is 4.77. The minimum absolute atomic E-state index is 0.0699. The van der Waals surface area contributed by atoms with Crippen molar-refractivity contribution in [1.29, 1.82) is 0 Å². The zero-order valence-corrected chi connectivity index (χ0v) is 14.8. The van der Waals surface area contributed by atoms with E-state index in [4.69, 9.17) is 0 Å². The highest BCUT2D eigenvalue weighted by Crippen LogP contribution is 2.22. The van der Waals surface area contributed by atoms with Crippen molar-refractivity contribution in [3.8, 4) is 0 Å². The number of hydrogen-bond acceptors (Lipinski definition) is 5. The lowest BCUT2D eigenvalue weighted by molar-refractivity contribution is 0.0953. The summed E-state index contributed by atoms with van der Waals surface area (Å²) in [5.41, 5.74) is 2.56. The summed E-state index contributed by atoms with van der Waals surface area (Å²) in [5.74, 6) is -0.0699. The monoisotopic (exact) mass is 353 g/mol. The molecule has 0 saturated carbocycles. The molecular formula is C19H19N3O2S. The van der Waals surface area contributed by atoms with Crippen LogP contribution in [0.15, 0.2) is 53.7 Å². The highest BCUT2D eigenvalue weighted by Gasteiger charge is 2.06. The molecular weight excluding hydrogens is 334 g/mol. The molecule has 0 bridgehead atoms. The number of benzene rings is 2. The second kappa shape index (κ2) is 8.39. The number of nitrogens with one attached hydrogen (secondary N) is 1. The van der Waals surface area contributed by atoms with Crippen molar-refractivity contribution in [2.45, 2.75) is 12.8 Å². The molecule has 3 aromatic rings. The van der Waals surface area contributed by atoms with Crippen molar-refractivity contribution >= 4 is 33.7 Å². The molecule has 0 aliphatic heterocycles. The summed E-state index contributed by atoms with van der Waals surface area (Å²) >= 11 is 1.71. The number of rotatable bonds is 7. The highest BCUT2D eigenvalue weighted by molar-refractivity contribution is 7.18. The molecule has 1 aromatic heterocycles. The fourth-order valence-electron chi connectivity index (χ4n) is 2.40. The van der Waals surface area contributed by atoms with Crippen molar-refractivity contribution in [1.82, 2.24) is 10.3 Å². The van der Waals surface area contributed by atoms with Gasteiger partial charge < -0.3 is 10.2 Å². The van der Waals surface area contributed by atoms with Crippen LogP contribution in [0.25, 0.3) is 10.2 Å². The van der Waals surface area contributed by atoms with Crippen LogP contribution in [0.4, 0.5) is 0 Å². The first-order valence-corrected chi connectivity index (χ1v) is 8.87. The van der Waals surface area contributed by atoms with Gasteiger partial charge >= 0.3 is 0 Å². The summed E-state index contributed by atoms with van der Waals surface area (Å²) < 4.78 is 1.21. The van der Waals surface area contributed by atoms with E-state index >= 15 is 0 Å². The Morgan fingerprint density at radius 2 is 2.04 bits per heavy atom. The number of carbonyl (C=O) groups is 1. The standard InChI is InChI=1S/C19H19N3O2S/c1-24-21-13-14-8-10-15(11-9-14)19(23)20-12-4-7-18-22-16-5-2-3-6-17(16)25-18/h2-3,5-6,8-11,13H,4,7,12H2,1H3,(H,20,23)/b21-13+. The Balaban J connectivity index is 1.46. The van der Waals surface area contributed by atoms with Gasteiger partial charge in [0.25, 0.3) is 5.91 Å². The molecule has 1 amide bonds. The molecule has 25 heavy (non-hydrogen) atoms. The summed E-state index contributed by atoms with van der Waals surface area (Å²) in [6.07, 6.45) is 3.33. The number of fused-ring (bicyclic) bond motifs is 1. The molecule has 2 aromatic carbocycles. The maximum atomic E-state index is 12.1. The Hall–Kier alpha value is -2.73. The molecule has 0 spiro atoms. The van der Waals surface area contributed by atoms with E-state index in [0.29, 0.717) is 12.1 Å². The van der Waals surface area contributed by atoms with Crippen LogP contribution < -0.4 is 5.32 Å².